The first-order chi connectivity index (χ1) is 12.5. The molecule has 136 valence electrons. The third-order valence-electron chi connectivity index (χ3n) is 4.42. The lowest BCUT2D eigenvalue weighted by molar-refractivity contribution is -0.133. The van der Waals surface area contributed by atoms with Crippen LogP contribution in [0.2, 0.25) is 5.02 Å². The van der Waals surface area contributed by atoms with Gasteiger partial charge in [-0.25, -0.2) is 0 Å². The van der Waals surface area contributed by atoms with E-state index >= 15 is 0 Å². The number of rotatable bonds is 4. The first kappa shape index (κ1) is 18.2. The fourth-order valence-electron chi connectivity index (χ4n) is 2.95. The van der Waals surface area contributed by atoms with Gasteiger partial charge < -0.3 is 15.1 Å². The fourth-order valence-corrected chi connectivity index (χ4v) is 3.08. The standard InChI is InChI=1S/C19H21ClN4O2/c1-14(22-18(25)15-3-2-8-21-13-15)19(26)24-11-9-23(10-12-24)17-6-4-16(20)5-7-17/h2-8,13-14H,9-12H2,1H3,(H,22,25)/t14-/m0/s1. The number of amides is 2. The molecule has 1 aliphatic heterocycles. The number of hydrogen-bond donors (Lipinski definition) is 1. The van der Waals surface area contributed by atoms with Crippen molar-refractivity contribution in [1.29, 1.82) is 0 Å². The largest absolute Gasteiger partial charge is 0.368 e. The van der Waals surface area contributed by atoms with E-state index in [-0.39, 0.29) is 11.8 Å². The zero-order chi connectivity index (χ0) is 18.5. The summed E-state index contributed by atoms with van der Waals surface area (Å²) >= 11 is 5.93. The van der Waals surface area contributed by atoms with E-state index in [1.54, 1.807) is 30.2 Å². The summed E-state index contributed by atoms with van der Waals surface area (Å²) in [6, 6.07) is 10.5. The van der Waals surface area contributed by atoms with Crippen LogP contribution in [0.25, 0.3) is 0 Å². The highest BCUT2D eigenvalue weighted by atomic mass is 35.5. The maximum absolute atomic E-state index is 12.6. The average molecular weight is 373 g/mol. The maximum atomic E-state index is 12.6. The summed E-state index contributed by atoms with van der Waals surface area (Å²) < 4.78 is 0. The van der Waals surface area contributed by atoms with Gasteiger partial charge in [-0.1, -0.05) is 11.6 Å². The predicted molar refractivity (Wildman–Crippen MR) is 101 cm³/mol. The summed E-state index contributed by atoms with van der Waals surface area (Å²) in [4.78, 5) is 32.7. The van der Waals surface area contributed by atoms with Crippen LogP contribution in [0.5, 0.6) is 0 Å². The van der Waals surface area contributed by atoms with E-state index < -0.39 is 6.04 Å². The Morgan fingerprint density at radius 1 is 1.12 bits per heavy atom. The van der Waals surface area contributed by atoms with Crippen LogP contribution >= 0.6 is 11.6 Å². The molecule has 2 amide bonds. The Balaban J connectivity index is 1.53. The lowest BCUT2D eigenvalue weighted by Gasteiger charge is -2.37. The number of halogens is 1. The third-order valence-corrected chi connectivity index (χ3v) is 4.68. The smallest absolute Gasteiger partial charge is 0.253 e. The monoisotopic (exact) mass is 372 g/mol. The van der Waals surface area contributed by atoms with Gasteiger partial charge in [-0.15, -0.1) is 0 Å². The van der Waals surface area contributed by atoms with E-state index in [0.29, 0.717) is 23.7 Å². The van der Waals surface area contributed by atoms with E-state index in [9.17, 15) is 9.59 Å². The molecule has 3 rings (SSSR count). The normalized spacial score (nSPS) is 15.5. The molecule has 1 aromatic carbocycles. The van der Waals surface area contributed by atoms with Gasteiger partial charge in [0.1, 0.15) is 6.04 Å². The number of anilines is 1. The number of nitrogens with zero attached hydrogens (tertiary/aromatic N) is 3. The number of aromatic nitrogens is 1. The van der Waals surface area contributed by atoms with Crippen LogP contribution in [0.15, 0.2) is 48.8 Å². The Kier molecular flexibility index (Phi) is 5.73. The minimum Gasteiger partial charge on any atom is -0.368 e. The van der Waals surface area contributed by atoms with Crippen LogP contribution < -0.4 is 10.2 Å². The van der Waals surface area contributed by atoms with Crippen molar-refractivity contribution in [2.45, 2.75) is 13.0 Å². The van der Waals surface area contributed by atoms with Crippen molar-refractivity contribution >= 4 is 29.1 Å². The molecule has 0 saturated carbocycles. The Bertz CT molecular complexity index is 759. The average Bonchev–Trinajstić information content (AvgIpc) is 2.69. The topological polar surface area (TPSA) is 65.5 Å². The molecule has 7 heteroatoms. The van der Waals surface area contributed by atoms with Crippen LogP contribution in [0.4, 0.5) is 5.69 Å². The fraction of sp³-hybridized carbons (Fsp3) is 0.316. The first-order valence-corrected chi connectivity index (χ1v) is 8.92. The zero-order valence-corrected chi connectivity index (χ0v) is 15.3. The van der Waals surface area contributed by atoms with Gasteiger partial charge in [-0.05, 0) is 43.3 Å². The minimum atomic E-state index is -0.579. The molecule has 1 fully saturated rings. The molecule has 0 aliphatic carbocycles. The van der Waals surface area contributed by atoms with Crippen LogP contribution in [0.3, 0.4) is 0 Å². The van der Waals surface area contributed by atoms with Gasteiger partial charge in [-0.2, -0.15) is 0 Å². The predicted octanol–water partition coefficient (Wildman–Crippen LogP) is 2.20. The van der Waals surface area contributed by atoms with Gasteiger partial charge in [0.2, 0.25) is 5.91 Å². The van der Waals surface area contributed by atoms with E-state index in [2.05, 4.69) is 15.2 Å². The highest BCUT2D eigenvalue weighted by Gasteiger charge is 2.26. The second-order valence-corrected chi connectivity index (χ2v) is 6.66. The first-order valence-electron chi connectivity index (χ1n) is 8.55. The third kappa shape index (κ3) is 4.32. The minimum absolute atomic E-state index is 0.0713. The van der Waals surface area contributed by atoms with E-state index in [4.69, 9.17) is 11.6 Å². The van der Waals surface area contributed by atoms with Crippen molar-refractivity contribution in [3.8, 4) is 0 Å². The number of benzene rings is 1. The van der Waals surface area contributed by atoms with Gasteiger partial charge >= 0.3 is 0 Å². The number of pyridine rings is 1. The molecule has 1 atom stereocenters. The molecule has 1 N–H and O–H groups in total. The van der Waals surface area contributed by atoms with Crippen LogP contribution in [-0.4, -0.2) is 53.9 Å². The quantitative estimate of drug-likeness (QED) is 0.893. The summed E-state index contributed by atoms with van der Waals surface area (Å²) in [5.74, 6) is -0.364. The molecule has 0 unspecified atom stereocenters. The molecule has 0 spiro atoms. The highest BCUT2D eigenvalue weighted by molar-refractivity contribution is 6.30. The van der Waals surface area contributed by atoms with Crippen LogP contribution in [0, 0.1) is 0 Å². The molecule has 2 aromatic rings. The van der Waals surface area contributed by atoms with Gasteiger partial charge in [0.25, 0.3) is 5.91 Å². The Morgan fingerprint density at radius 3 is 2.42 bits per heavy atom. The highest BCUT2D eigenvalue weighted by Crippen LogP contribution is 2.19. The molecule has 0 bridgehead atoms. The SMILES string of the molecule is C[C@H](NC(=O)c1cccnc1)C(=O)N1CCN(c2ccc(Cl)cc2)CC1. The van der Waals surface area contributed by atoms with Gasteiger partial charge in [0.05, 0.1) is 5.56 Å². The lowest BCUT2D eigenvalue weighted by atomic mass is 10.2. The molecule has 2 heterocycles. The number of carbonyl (C=O) groups excluding carboxylic acids is 2. The number of piperazine rings is 1. The zero-order valence-electron chi connectivity index (χ0n) is 14.6. The number of carbonyl (C=O) groups is 2. The number of hydrogen-bond acceptors (Lipinski definition) is 4. The summed E-state index contributed by atoms with van der Waals surface area (Å²) in [6.07, 6.45) is 3.09. The molecular formula is C19H21ClN4O2. The second kappa shape index (κ2) is 8.19. The molecule has 6 nitrogen and oxygen atoms in total. The van der Waals surface area contributed by atoms with Crippen LogP contribution in [-0.2, 0) is 4.79 Å². The van der Waals surface area contributed by atoms with Crippen molar-refractivity contribution in [2.75, 3.05) is 31.1 Å². The number of nitrogens with one attached hydrogen (secondary N) is 1. The molecule has 1 aromatic heterocycles. The van der Waals surface area contributed by atoms with E-state index in [1.807, 2.05) is 24.3 Å². The maximum Gasteiger partial charge on any atom is 0.253 e. The Labute approximate surface area is 157 Å². The van der Waals surface area contributed by atoms with E-state index in [1.165, 1.54) is 6.20 Å². The van der Waals surface area contributed by atoms with Crippen molar-refractivity contribution < 1.29 is 9.59 Å². The van der Waals surface area contributed by atoms with Crippen molar-refractivity contribution in [2.24, 2.45) is 0 Å². The Morgan fingerprint density at radius 2 is 1.81 bits per heavy atom. The Hall–Kier alpha value is -2.60. The summed E-state index contributed by atoms with van der Waals surface area (Å²) in [5, 5.41) is 3.45. The molecule has 0 radical (unpaired) electrons. The summed E-state index contributed by atoms with van der Waals surface area (Å²) in [6.45, 7) is 4.44. The lowest BCUT2D eigenvalue weighted by Crippen LogP contribution is -2.54. The van der Waals surface area contributed by atoms with Crippen LogP contribution in [0.1, 0.15) is 17.3 Å². The van der Waals surface area contributed by atoms with E-state index in [0.717, 1.165) is 18.8 Å². The summed E-state index contributed by atoms with van der Waals surface area (Å²) in [7, 11) is 0. The van der Waals surface area contributed by atoms with Crippen molar-refractivity contribution in [3.63, 3.8) is 0 Å². The molecule has 26 heavy (non-hydrogen) atoms. The van der Waals surface area contributed by atoms with Gasteiger partial charge in [-0.3, -0.25) is 14.6 Å². The summed E-state index contributed by atoms with van der Waals surface area (Å²) in [5.41, 5.74) is 1.54. The molecule has 1 saturated heterocycles. The molecular weight excluding hydrogens is 352 g/mol. The van der Waals surface area contributed by atoms with Crippen molar-refractivity contribution in [1.82, 2.24) is 15.2 Å². The molecule has 1 aliphatic rings. The second-order valence-electron chi connectivity index (χ2n) is 6.23. The van der Waals surface area contributed by atoms with Gasteiger partial charge in [0, 0.05) is 49.3 Å². The van der Waals surface area contributed by atoms with Crippen molar-refractivity contribution in [3.05, 3.63) is 59.4 Å². The van der Waals surface area contributed by atoms with Gasteiger partial charge in [0.15, 0.2) is 0 Å².